The number of aryl methyl sites for hydroxylation is 1. The van der Waals surface area contributed by atoms with Crippen molar-refractivity contribution in [2.24, 2.45) is 0 Å². The molecule has 4 rings (SSSR count). The Bertz CT molecular complexity index is 1100. The quantitative estimate of drug-likeness (QED) is 0.542. The number of fused-ring (bicyclic) bond motifs is 1. The van der Waals surface area contributed by atoms with E-state index in [-0.39, 0.29) is 5.91 Å². The van der Waals surface area contributed by atoms with Crippen molar-refractivity contribution < 1.29 is 4.79 Å². The van der Waals surface area contributed by atoms with Crippen LogP contribution in [0.4, 0.5) is 5.69 Å². The maximum Gasteiger partial charge on any atom is 0.276 e. The van der Waals surface area contributed by atoms with Crippen molar-refractivity contribution in [3.8, 4) is 5.69 Å². The summed E-state index contributed by atoms with van der Waals surface area (Å²) in [5.41, 5.74) is 3.88. The Kier molecular flexibility index (Phi) is 4.19. The third kappa shape index (κ3) is 2.95. The molecule has 128 valence electrons. The minimum absolute atomic E-state index is 0.292. The van der Waals surface area contributed by atoms with Gasteiger partial charge in [-0.05, 0) is 37.3 Å². The summed E-state index contributed by atoms with van der Waals surface area (Å²) in [4.78, 5) is 12.8. The number of halogens is 1. The highest BCUT2D eigenvalue weighted by Gasteiger charge is 2.18. The van der Waals surface area contributed by atoms with E-state index in [4.69, 9.17) is 11.6 Å². The zero-order valence-corrected chi connectivity index (χ0v) is 14.9. The van der Waals surface area contributed by atoms with Crippen LogP contribution in [0.2, 0.25) is 5.02 Å². The Morgan fingerprint density at radius 3 is 2.42 bits per heavy atom. The van der Waals surface area contributed by atoms with E-state index < -0.39 is 0 Å². The molecule has 1 N–H and O–H groups in total. The van der Waals surface area contributed by atoms with Gasteiger partial charge in [-0.15, -0.1) is 0 Å². The number of benzene rings is 3. The summed E-state index contributed by atoms with van der Waals surface area (Å²) < 4.78 is 1.79. The van der Waals surface area contributed by atoms with Crippen molar-refractivity contribution >= 4 is 34.1 Å². The molecule has 0 unspecified atom stereocenters. The van der Waals surface area contributed by atoms with Crippen LogP contribution >= 0.6 is 11.6 Å². The van der Waals surface area contributed by atoms with E-state index in [1.165, 1.54) is 5.56 Å². The van der Waals surface area contributed by atoms with Crippen LogP contribution in [0.3, 0.4) is 0 Å². The molecule has 5 heteroatoms. The molecule has 0 aliphatic carbocycles. The SMILES string of the molecule is Cc1ccc(-n2nc(C(=O)Nc3ccccc3Cl)c3ccccc32)cc1. The number of rotatable bonds is 3. The van der Waals surface area contributed by atoms with Crippen molar-refractivity contribution in [3.63, 3.8) is 0 Å². The van der Waals surface area contributed by atoms with Gasteiger partial charge in [0.2, 0.25) is 0 Å². The second-order valence-electron chi connectivity index (χ2n) is 6.05. The number of aromatic nitrogens is 2. The summed E-state index contributed by atoms with van der Waals surface area (Å²) in [6.07, 6.45) is 0. The number of nitrogens with one attached hydrogen (secondary N) is 1. The van der Waals surface area contributed by atoms with E-state index in [0.29, 0.717) is 16.4 Å². The van der Waals surface area contributed by atoms with Gasteiger partial charge in [0.05, 0.1) is 21.9 Å². The van der Waals surface area contributed by atoms with Crippen LogP contribution < -0.4 is 5.32 Å². The molecule has 4 aromatic rings. The van der Waals surface area contributed by atoms with Crippen LogP contribution in [0.1, 0.15) is 16.1 Å². The number of anilines is 1. The predicted octanol–water partition coefficient (Wildman–Crippen LogP) is 5.24. The highest BCUT2D eigenvalue weighted by molar-refractivity contribution is 6.34. The van der Waals surface area contributed by atoms with Crippen LogP contribution in [-0.2, 0) is 0 Å². The zero-order chi connectivity index (χ0) is 18.1. The van der Waals surface area contributed by atoms with E-state index >= 15 is 0 Å². The fourth-order valence-electron chi connectivity index (χ4n) is 2.86. The van der Waals surface area contributed by atoms with Gasteiger partial charge in [0.15, 0.2) is 5.69 Å². The average molecular weight is 362 g/mol. The summed E-state index contributed by atoms with van der Waals surface area (Å²) in [5.74, 6) is -0.292. The minimum Gasteiger partial charge on any atom is -0.319 e. The van der Waals surface area contributed by atoms with E-state index in [0.717, 1.165) is 16.6 Å². The van der Waals surface area contributed by atoms with Crippen molar-refractivity contribution in [1.29, 1.82) is 0 Å². The smallest absolute Gasteiger partial charge is 0.276 e. The van der Waals surface area contributed by atoms with Gasteiger partial charge in [-0.25, -0.2) is 4.68 Å². The van der Waals surface area contributed by atoms with Gasteiger partial charge in [0.25, 0.3) is 5.91 Å². The van der Waals surface area contributed by atoms with E-state index in [9.17, 15) is 4.79 Å². The predicted molar refractivity (Wildman–Crippen MR) is 105 cm³/mol. The molecular weight excluding hydrogens is 346 g/mol. The van der Waals surface area contributed by atoms with Gasteiger partial charge in [0, 0.05) is 5.39 Å². The maximum absolute atomic E-state index is 12.8. The first-order valence-corrected chi connectivity index (χ1v) is 8.62. The van der Waals surface area contributed by atoms with Gasteiger partial charge in [-0.2, -0.15) is 5.10 Å². The van der Waals surface area contributed by atoms with Crippen molar-refractivity contribution in [2.75, 3.05) is 5.32 Å². The van der Waals surface area contributed by atoms with Crippen LogP contribution in [-0.4, -0.2) is 15.7 Å². The molecule has 0 fully saturated rings. The molecule has 0 saturated heterocycles. The standard InChI is InChI=1S/C21H16ClN3O/c1-14-10-12-15(13-11-14)25-19-9-5-2-6-16(19)20(24-25)21(26)23-18-8-4-3-7-17(18)22/h2-13H,1H3,(H,23,26). The molecule has 4 nitrogen and oxygen atoms in total. The largest absolute Gasteiger partial charge is 0.319 e. The van der Waals surface area contributed by atoms with Crippen molar-refractivity contribution in [3.05, 3.63) is 89.1 Å². The highest BCUT2D eigenvalue weighted by atomic mass is 35.5. The summed E-state index contributed by atoms with van der Waals surface area (Å²) in [5, 5.41) is 8.70. The molecule has 1 heterocycles. The molecule has 0 aliphatic heterocycles. The van der Waals surface area contributed by atoms with E-state index in [1.54, 1.807) is 16.8 Å². The Balaban J connectivity index is 1.79. The Hall–Kier alpha value is -3.11. The van der Waals surface area contributed by atoms with Gasteiger partial charge < -0.3 is 5.32 Å². The summed E-state index contributed by atoms with van der Waals surface area (Å²) in [6, 6.07) is 22.9. The lowest BCUT2D eigenvalue weighted by Crippen LogP contribution is -2.13. The van der Waals surface area contributed by atoms with Crippen LogP contribution in [0, 0.1) is 6.92 Å². The molecule has 0 bridgehead atoms. The lowest BCUT2D eigenvalue weighted by Gasteiger charge is -2.05. The first-order valence-electron chi connectivity index (χ1n) is 8.24. The van der Waals surface area contributed by atoms with Gasteiger partial charge in [0.1, 0.15) is 0 Å². The maximum atomic E-state index is 12.8. The molecule has 0 saturated carbocycles. The van der Waals surface area contributed by atoms with Crippen LogP contribution in [0.25, 0.3) is 16.6 Å². The lowest BCUT2D eigenvalue weighted by atomic mass is 10.2. The van der Waals surface area contributed by atoms with Crippen LogP contribution in [0.5, 0.6) is 0 Å². The number of carbonyl (C=O) groups is 1. The number of para-hydroxylation sites is 2. The normalized spacial score (nSPS) is 10.8. The number of hydrogen-bond acceptors (Lipinski definition) is 2. The minimum atomic E-state index is -0.292. The molecule has 0 spiro atoms. The van der Waals surface area contributed by atoms with Crippen molar-refractivity contribution in [2.45, 2.75) is 6.92 Å². The molecule has 26 heavy (non-hydrogen) atoms. The third-order valence-electron chi connectivity index (χ3n) is 4.20. The third-order valence-corrected chi connectivity index (χ3v) is 4.53. The molecule has 3 aromatic carbocycles. The fourth-order valence-corrected chi connectivity index (χ4v) is 3.04. The van der Waals surface area contributed by atoms with E-state index in [2.05, 4.69) is 10.4 Å². The molecule has 0 radical (unpaired) electrons. The Labute approximate surface area is 156 Å². The fraction of sp³-hybridized carbons (Fsp3) is 0.0476. The zero-order valence-electron chi connectivity index (χ0n) is 14.1. The Morgan fingerprint density at radius 1 is 0.962 bits per heavy atom. The highest BCUT2D eigenvalue weighted by Crippen LogP contribution is 2.25. The first kappa shape index (κ1) is 16.4. The average Bonchev–Trinajstić information content (AvgIpc) is 3.04. The lowest BCUT2D eigenvalue weighted by molar-refractivity contribution is 0.102. The topological polar surface area (TPSA) is 46.9 Å². The number of carbonyl (C=O) groups excluding carboxylic acids is 1. The Morgan fingerprint density at radius 2 is 1.65 bits per heavy atom. The van der Waals surface area contributed by atoms with Gasteiger partial charge >= 0.3 is 0 Å². The van der Waals surface area contributed by atoms with Crippen molar-refractivity contribution in [1.82, 2.24) is 9.78 Å². The van der Waals surface area contributed by atoms with Gasteiger partial charge in [-0.1, -0.05) is 59.6 Å². The van der Waals surface area contributed by atoms with Crippen LogP contribution in [0.15, 0.2) is 72.8 Å². The summed E-state index contributed by atoms with van der Waals surface area (Å²) >= 11 is 6.15. The summed E-state index contributed by atoms with van der Waals surface area (Å²) in [6.45, 7) is 2.04. The summed E-state index contributed by atoms with van der Waals surface area (Å²) in [7, 11) is 0. The molecular formula is C21H16ClN3O. The molecule has 0 aliphatic rings. The monoisotopic (exact) mass is 361 g/mol. The molecule has 1 amide bonds. The first-order chi connectivity index (χ1) is 12.6. The number of amides is 1. The molecule has 1 aromatic heterocycles. The number of hydrogen-bond donors (Lipinski definition) is 1. The second-order valence-corrected chi connectivity index (χ2v) is 6.45. The molecule has 0 atom stereocenters. The number of nitrogens with zero attached hydrogens (tertiary/aromatic N) is 2. The second kappa shape index (κ2) is 6.65. The van der Waals surface area contributed by atoms with Gasteiger partial charge in [-0.3, -0.25) is 4.79 Å². The van der Waals surface area contributed by atoms with E-state index in [1.807, 2.05) is 67.6 Å².